The Bertz CT molecular complexity index is 1300. The Balaban J connectivity index is 0.00000259. The van der Waals surface area contributed by atoms with Crippen molar-refractivity contribution >= 4 is 35.2 Å². The van der Waals surface area contributed by atoms with E-state index in [1.54, 1.807) is 4.90 Å². The van der Waals surface area contributed by atoms with Gasteiger partial charge in [-0.3, -0.25) is 9.69 Å². The lowest BCUT2D eigenvalue weighted by Crippen LogP contribution is -2.47. The van der Waals surface area contributed by atoms with Gasteiger partial charge in [0.25, 0.3) is 0 Å². The fourth-order valence-electron chi connectivity index (χ4n) is 4.61. The molecule has 2 aromatic carbocycles. The molecule has 2 atom stereocenters. The summed E-state index contributed by atoms with van der Waals surface area (Å²) in [5, 5.41) is 8.59. The minimum Gasteiger partial charge on any atom is -0.449 e. The average Bonchev–Trinajstić information content (AvgIpc) is 3.13. The van der Waals surface area contributed by atoms with Crippen LogP contribution in [0.3, 0.4) is 0 Å². The van der Waals surface area contributed by atoms with Crippen molar-refractivity contribution in [3.05, 3.63) is 64.2 Å². The zero-order chi connectivity index (χ0) is 22.6. The van der Waals surface area contributed by atoms with Crippen LogP contribution in [-0.2, 0) is 0 Å². The van der Waals surface area contributed by atoms with Crippen LogP contribution in [0.5, 0.6) is 5.75 Å². The molecule has 2 fully saturated rings. The molecule has 0 radical (unpaired) electrons. The summed E-state index contributed by atoms with van der Waals surface area (Å²) in [6, 6.07) is 5.80. The fourth-order valence-corrected chi connectivity index (χ4v) is 4.61. The second-order valence-corrected chi connectivity index (χ2v) is 7.89. The number of benzene rings is 2. The molecule has 3 aromatic rings. The molecule has 174 valence electrons. The van der Waals surface area contributed by atoms with Crippen molar-refractivity contribution in [2.45, 2.75) is 12.5 Å². The fraction of sp³-hybridized carbons (Fsp3) is 0.273. The van der Waals surface area contributed by atoms with Gasteiger partial charge in [0.2, 0.25) is 5.43 Å². The Hall–Kier alpha value is -3.24. The Morgan fingerprint density at radius 3 is 2.52 bits per heavy atom. The van der Waals surface area contributed by atoms with Crippen LogP contribution in [0, 0.1) is 17.5 Å². The summed E-state index contributed by atoms with van der Waals surface area (Å²) in [6.07, 6.45) is 0.0426. The van der Waals surface area contributed by atoms with Crippen molar-refractivity contribution in [3.8, 4) is 11.4 Å². The van der Waals surface area contributed by atoms with Crippen LogP contribution in [-0.4, -0.2) is 52.9 Å². The predicted octanol–water partition coefficient (Wildman–Crippen LogP) is 3.78. The zero-order valence-electron chi connectivity index (χ0n) is 17.1. The minimum absolute atomic E-state index is 0. The Kier molecular flexibility index (Phi) is 5.98. The van der Waals surface area contributed by atoms with E-state index in [0.29, 0.717) is 19.6 Å². The average molecular weight is 482 g/mol. The maximum absolute atomic E-state index is 16.0. The standard InChI is InChI=1S/C22H18F3N3O4.ClH/c23-12-1-3-13(4-2-12)28-11-17(32-22(30)31)21(29)15-9-16(24)20(18(25)19(15)28)27-8-7-26-6-5-14(27)10-26;/h1-4,9,11,14H,5-8,10H2,(H,30,31);1H. The van der Waals surface area contributed by atoms with E-state index in [1.807, 2.05) is 0 Å². The van der Waals surface area contributed by atoms with Crippen molar-refractivity contribution < 1.29 is 27.8 Å². The summed E-state index contributed by atoms with van der Waals surface area (Å²) >= 11 is 0. The number of hydrogen-bond donors (Lipinski definition) is 1. The van der Waals surface area contributed by atoms with Gasteiger partial charge in [0, 0.05) is 37.9 Å². The molecular formula is C22H19ClF3N3O4. The first kappa shape index (κ1) is 22.9. The van der Waals surface area contributed by atoms with E-state index in [9.17, 15) is 14.0 Å². The number of fused-ring (bicyclic) bond motifs is 3. The van der Waals surface area contributed by atoms with Crippen molar-refractivity contribution in [1.29, 1.82) is 0 Å². The van der Waals surface area contributed by atoms with Gasteiger partial charge in [-0.15, -0.1) is 12.4 Å². The summed E-state index contributed by atoms with van der Waals surface area (Å²) in [5.41, 5.74) is -1.19. The zero-order valence-corrected chi connectivity index (χ0v) is 17.9. The van der Waals surface area contributed by atoms with Crippen LogP contribution < -0.4 is 15.1 Å². The summed E-state index contributed by atoms with van der Waals surface area (Å²) in [4.78, 5) is 27.8. The van der Waals surface area contributed by atoms with E-state index in [4.69, 9.17) is 5.11 Å². The molecule has 2 aliphatic rings. The molecule has 5 rings (SSSR count). The predicted molar refractivity (Wildman–Crippen MR) is 118 cm³/mol. The number of rotatable bonds is 3. The number of ether oxygens (including phenoxy) is 1. The highest BCUT2D eigenvalue weighted by Crippen LogP contribution is 2.36. The molecule has 2 bridgehead atoms. The molecule has 7 nitrogen and oxygen atoms in total. The first-order valence-electron chi connectivity index (χ1n) is 10.1. The SMILES string of the molecule is Cl.O=C(O)Oc1cn(-c2ccc(F)cc2)c2c(F)c(N3CCN4CCC3C4)c(F)cc2c1=O. The van der Waals surface area contributed by atoms with E-state index in [-0.39, 0.29) is 40.7 Å². The maximum atomic E-state index is 16.0. The van der Waals surface area contributed by atoms with Gasteiger partial charge in [0.1, 0.15) is 17.3 Å². The number of aromatic nitrogens is 1. The summed E-state index contributed by atoms with van der Waals surface area (Å²) in [7, 11) is 0. The van der Waals surface area contributed by atoms with Gasteiger partial charge in [-0.05, 0) is 36.8 Å². The van der Waals surface area contributed by atoms with Crippen LogP contribution in [0.2, 0.25) is 0 Å². The van der Waals surface area contributed by atoms with Crippen LogP contribution in [0.1, 0.15) is 6.42 Å². The first-order chi connectivity index (χ1) is 15.3. The van der Waals surface area contributed by atoms with Crippen LogP contribution in [0.15, 0.2) is 41.3 Å². The van der Waals surface area contributed by atoms with Gasteiger partial charge in [0.15, 0.2) is 11.6 Å². The monoisotopic (exact) mass is 481 g/mol. The van der Waals surface area contributed by atoms with Crippen LogP contribution in [0.4, 0.5) is 23.7 Å². The number of pyridine rings is 1. The minimum atomic E-state index is -1.75. The molecule has 0 spiro atoms. The molecule has 2 aliphatic heterocycles. The quantitative estimate of drug-likeness (QED) is 0.574. The second-order valence-electron chi connectivity index (χ2n) is 7.89. The molecule has 0 amide bonds. The lowest BCUT2D eigenvalue weighted by Gasteiger charge is -2.36. The smallest absolute Gasteiger partial charge is 0.449 e. The van der Waals surface area contributed by atoms with Gasteiger partial charge in [-0.25, -0.2) is 18.0 Å². The highest BCUT2D eigenvalue weighted by molar-refractivity contribution is 5.87. The summed E-state index contributed by atoms with van der Waals surface area (Å²) in [5.74, 6) is -3.01. The van der Waals surface area contributed by atoms with E-state index in [0.717, 1.165) is 37.4 Å². The number of hydrogen-bond acceptors (Lipinski definition) is 5. The first-order valence-corrected chi connectivity index (χ1v) is 10.1. The van der Waals surface area contributed by atoms with Crippen LogP contribution >= 0.6 is 12.4 Å². The maximum Gasteiger partial charge on any atom is 0.511 e. The number of carbonyl (C=O) groups is 1. The molecule has 0 aliphatic carbocycles. The van der Waals surface area contributed by atoms with Crippen molar-refractivity contribution in [2.75, 3.05) is 31.1 Å². The number of anilines is 1. The molecule has 1 aromatic heterocycles. The van der Waals surface area contributed by atoms with E-state index < -0.39 is 34.8 Å². The summed E-state index contributed by atoms with van der Waals surface area (Å²) in [6.45, 7) is 2.66. The van der Waals surface area contributed by atoms with E-state index in [2.05, 4.69) is 9.64 Å². The second kappa shape index (κ2) is 8.60. The Morgan fingerprint density at radius 1 is 1.09 bits per heavy atom. The van der Waals surface area contributed by atoms with Crippen molar-refractivity contribution in [2.24, 2.45) is 0 Å². The highest BCUT2D eigenvalue weighted by atomic mass is 35.5. The van der Waals surface area contributed by atoms with Crippen molar-refractivity contribution in [1.82, 2.24) is 9.47 Å². The lowest BCUT2D eigenvalue weighted by molar-refractivity contribution is 0.144. The van der Waals surface area contributed by atoms with Crippen molar-refractivity contribution in [3.63, 3.8) is 0 Å². The molecule has 1 N–H and O–H groups in total. The third-order valence-corrected chi connectivity index (χ3v) is 6.06. The highest BCUT2D eigenvalue weighted by Gasteiger charge is 2.36. The number of carboxylic acid groups (broad SMARTS) is 1. The van der Waals surface area contributed by atoms with E-state index in [1.165, 1.54) is 16.7 Å². The van der Waals surface area contributed by atoms with Gasteiger partial charge in [0.05, 0.1) is 17.1 Å². The van der Waals surface area contributed by atoms with Gasteiger partial charge < -0.3 is 19.3 Å². The Morgan fingerprint density at radius 2 is 1.82 bits per heavy atom. The van der Waals surface area contributed by atoms with Gasteiger partial charge in [-0.2, -0.15) is 0 Å². The molecular weight excluding hydrogens is 463 g/mol. The third-order valence-electron chi connectivity index (χ3n) is 6.06. The van der Waals surface area contributed by atoms with E-state index >= 15 is 8.78 Å². The molecule has 3 heterocycles. The number of piperazine rings is 1. The Labute approximate surface area is 192 Å². The number of halogens is 4. The molecule has 11 heteroatoms. The topological polar surface area (TPSA) is 75.0 Å². The molecule has 0 saturated carbocycles. The molecule has 2 saturated heterocycles. The largest absolute Gasteiger partial charge is 0.511 e. The molecule has 33 heavy (non-hydrogen) atoms. The van der Waals surface area contributed by atoms with Gasteiger partial charge >= 0.3 is 6.16 Å². The lowest BCUT2D eigenvalue weighted by atomic mass is 10.1. The van der Waals surface area contributed by atoms with Crippen LogP contribution in [0.25, 0.3) is 16.6 Å². The normalized spacial score (nSPS) is 19.4. The summed E-state index contributed by atoms with van der Waals surface area (Å²) < 4.78 is 50.3. The third kappa shape index (κ3) is 3.89. The van der Waals surface area contributed by atoms with Gasteiger partial charge in [-0.1, -0.05) is 0 Å². The number of nitrogens with zero attached hydrogens (tertiary/aromatic N) is 3. The molecule has 2 unspecified atom stereocenters.